The number of aliphatic hydroxyl groups is 1. The van der Waals surface area contributed by atoms with Crippen molar-refractivity contribution in [3.8, 4) is 0 Å². The number of hydrogen-bond acceptors (Lipinski definition) is 1. The van der Waals surface area contributed by atoms with Crippen molar-refractivity contribution in [3.63, 3.8) is 0 Å². The van der Waals surface area contributed by atoms with Gasteiger partial charge in [-0.15, -0.1) is 0 Å². The summed E-state index contributed by atoms with van der Waals surface area (Å²) < 4.78 is 1.51. The van der Waals surface area contributed by atoms with Crippen molar-refractivity contribution < 1.29 is 5.11 Å². The van der Waals surface area contributed by atoms with Crippen LogP contribution in [0.2, 0.25) is 17.3 Å². The van der Waals surface area contributed by atoms with Gasteiger partial charge in [-0.05, 0) is 0 Å². The van der Waals surface area contributed by atoms with E-state index in [1.165, 1.54) is 2.41 Å². The summed E-state index contributed by atoms with van der Waals surface area (Å²) >= 11 is 0.886. The second kappa shape index (κ2) is 4.77. The molecule has 0 aromatic rings. The summed E-state index contributed by atoms with van der Waals surface area (Å²) in [6.07, 6.45) is 2.99. The van der Waals surface area contributed by atoms with Crippen LogP contribution < -0.4 is 0 Å². The van der Waals surface area contributed by atoms with E-state index >= 15 is 0 Å². The molecule has 1 N–H and O–H groups in total. The van der Waals surface area contributed by atoms with Gasteiger partial charge in [0.15, 0.2) is 0 Å². The van der Waals surface area contributed by atoms with E-state index in [9.17, 15) is 0 Å². The van der Waals surface area contributed by atoms with Crippen molar-refractivity contribution in [1.82, 2.24) is 0 Å². The van der Waals surface area contributed by atoms with Gasteiger partial charge in [0.2, 0.25) is 0 Å². The normalized spacial score (nSPS) is 13.9. The van der Waals surface area contributed by atoms with Crippen molar-refractivity contribution in [3.05, 3.63) is 8.49 Å². The van der Waals surface area contributed by atoms with Gasteiger partial charge in [-0.1, -0.05) is 0 Å². The predicted molar refractivity (Wildman–Crippen MR) is 57.2 cm³/mol. The Morgan fingerprint density at radius 2 is 2.00 bits per heavy atom. The Balaban J connectivity index is 3.93. The van der Waals surface area contributed by atoms with E-state index in [1.54, 1.807) is 0 Å². The van der Waals surface area contributed by atoms with Crippen LogP contribution in [0.15, 0.2) is 8.49 Å². The van der Waals surface area contributed by atoms with Crippen LogP contribution in [-0.2, 0) is 0 Å². The number of halogens is 1. The van der Waals surface area contributed by atoms with Gasteiger partial charge in [0.05, 0.1) is 0 Å². The van der Waals surface area contributed by atoms with E-state index < -0.39 is 13.3 Å². The zero-order valence-electron chi connectivity index (χ0n) is 6.82. The van der Waals surface area contributed by atoms with Crippen molar-refractivity contribution >= 4 is 35.9 Å². The molecule has 0 bridgehead atoms. The van der Waals surface area contributed by atoms with E-state index in [0.29, 0.717) is 0 Å². The van der Waals surface area contributed by atoms with Crippen LogP contribution in [-0.4, -0.2) is 25.0 Å². The molecule has 0 radical (unpaired) electrons. The Morgan fingerprint density at radius 3 is 2.30 bits per heavy atom. The molecule has 3 heteroatoms. The fourth-order valence-corrected chi connectivity index (χ4v) is 2.40. The molecule has 0 aliphatic rings. The van der Waals surface area contributed by atoms with Gasteiger partial charge in [-0.2, -0.15) is 0 Å². The molecule has 0 spiro atoms. The molecule has 0 atom stereocenters. The molecule has 10 heavy (non-hydrogen) atoms. The molecule has 0 aliphatic heterocycles. The van der Waals surface area contributed by atoms with E-state index in [-0.39, 0.29) is 6.61 Å². The zero-order valence-corrected chi connectivity index (χ0v) is 11.1. The SMILES string of the molecule is [CH3][Ge]([CH3])([CH3])/[C](I)=C/CCO. The van der Waals surface area contributed by atoms with Crippen molar-refractivity contribution in [2.45, 2.75) is 23.7 Å². The Kier molecular flexibility index (Phi) is 5.24. The summed E-state index contributed by atoms with van der Waals surface area (Å²) in [5, 5.41) is 8.55. The fourth-order valence-electron chi connectivity index (χ4n) is 0.497. The fraction of sp³-hybridized carbons (Fsp3) is 0.714. The second-order valence-corrected chi connectivity index (χ2v) is 17.2. The Bertz CT molecular complexity index is 126. The summed E-state index contributed by atoms with van der Waals surface area (Å²) in [4.78, 5) is 0. The number of aliphatic hydroxyl groups excluding tert-OH is 1. The first-order valence-corrected chi connectivity index (χ1v) is 11.9. The maximum absolute atomic E-state index is 8.55. The molecule has 0 aromatic carbocycles. The second-order valence-electron chi connectivity index (χ2n) is 3.31. The van der Waals surface area contributed by atoms with E-state index in [4.69, 9.17) is 5.11 Å². The minimum absolute atomic E-state index is 0.283. The van der Waals surface area contributed by atoms with Crippen LogP contribution in [0.5, 0.6) is 0 Å². The van der Waals surface area contributed by atoms with Crippen LogP contribution in [0.1, 0.15) is 6.42 Å². The van der Waals surface area contributed by atoms with Gasteiger partial charge < -0.3 is 0 Å². The van der Waals surface area contributed by atoms with Gasteiger partial charge in [0, 0.05) is 0 Å². The van der Waals surface area contributed by atoms with E-state index in [2.05, 4.69) is 45.9 Å². The molecule has 0 saturated carbocycles. The zero-order chi connectivity index (χ0) is 8.20. The van der Waals surface area contributed by atoms with Crippen molar-refractivity contribution in [1.29, 1.82) is 0 Å². The number of hydrogen-bond donors (Lipinski definition) is 1. The molecule has 1 nitrogen and oxygen atoms in total. The van der Waals surface area contributed by atoms with Crippen molar-refractivity contribution in [2.75, 3.05) is 6.61 Å². The van der Waals surface area contributed by atoms with Gasteiger partial charge in [0.1, 0.15) is 0 Å². The molecular weight excluding hydrogens is 300 g/mol. The summed E-state index contributed by atoms with van der Waals surface area (Å²) in [7, 11) is 0. The van der Waals surface area contributed by atoms with E-state index in [0.717, 1.165) is 6.42 Å². The van der Waals surface area contributed by atoms with Crippen LogP contribution in [0, 0.1) is 0 Å². The maximum atomic E-state index is 8.55. The summed E-state index contributed by atoms with van der Waals surface area (Å²) in [6, 6.07) is 0. The first kappa shape index (κ1) is 11.0. The van der Waals surface area contributed by atoms with Gasteiger partial charge in [-0.3, -0.25) is 0 Å². The van der Waals surface area contributed by atoms with Gasteiger partial charge in [-0.25, -0.2) is 0 Å². The molecular formula is C7H15GeIO. The molecule has 0 unspecified atom stereocenters. The third kappa shape index (κ3) is 4.74. The Labute approximate surface area is 79.4 Å². The van der Waals surface area contributed by atoms with Crippen LogP contribution >= 0.6 is 22.6 Å². The molecule has 0 rings (SSSR count). The van der Waals surface area contributed by atoms with Crippen molar-refractivity contribution in [2.24, 2.45) is 0 Å². The van der Waals surface area contributed by atoms with Gasteiger partial charge >= 0.3 is 79.7 Å². The monoisotopic (exact) mass is 316 g/mol. The molecule has 60 valence electrons. The van der Waals surface area contributed by atoms with E-state index in [1.807, 2.05) is 0 Å². The Morgan fingerprint density at radius 1 is 1.50 bits per heavy atom. The molecule has 0 amide bonds. The van der Waals surface area contributed by atoms with Crippen LogP contribution in [0.4, 0.5) is 0 Å². The summed E-state index contributed by atoms with van der Waals surface area (Å²) in [5.41, 5.74) is 0. The molecule has 0 heterocycles. The van der Waals surface area contributed by atoms with Gasteiger partial charge in [0.25, 0.3) is 0 Å². The predicted octanol–water partition coefficient (Wildman–Crippen LogP) is 2.57. The average Bonchev–Trinajstić information content (AvgIpc) is 1.80. The molecule has 0 fully saturated rings. The summed E-state index contributed by atoms with van der Waals surface area (Å²) in [5.74, 6) is 7.07. The molecule has 0 aliphatic carbocycles. The minimum atomic E-state index is -1.52. The number of rotatable bonds is 3. The third-order valence-corrected chi connectivity index (χ3v) is 13.5. The summed E-state index contributed by atoms with van der Waals surface area (Å²) in [6.45, 7) is 0.283. The first-order chi connectivity index (χ1) is 4.48. The van der Waals surface area contributed by atoms with Crippen LogP contribution in [0.3, 0.4) is 0 Å². The van der Waals surface area contributed by atoms with Crippen LogP contribution in [0.25, 0.3) is 0 Å². The molecule has 0 saturated heterocycles. The average molecular weight is 315 g/mol. The Hall–Kier alpha value is 0.973. The quantitative estimate of drug-likeness (QED) is 0.627. The topological polar surface area (TPSA) is 20.2 Å². The molecule has 0 aromatic heterocycles. The standard InChI is InChI=1S/C7H15GeIO/c1-8(2,3)7(9)5-4-6-10/h5,10H,4,6H2,1-3H3/b7-5-. The first-order valence-electron chi connectivity index (χ1n) is 3.45. The third-order valence-electron chi connectivity index (χ3n) is 1.17.